The summed E-state index contributed by atoms with van der Waals surface area (Å²) in [5.74, 6) is 5.12. The maximum atomic E-state index is 6.72. The van der Waals surface area contributed by atoms with Crippen LogP contribution in [0.15, 0.2) is 231 Å². The summed E-state index contributed by atoms with van der Waals surface area (Å²) in [6.45, 7) is 0. The molecule has 9 aromatic carbocycles. The standard InChI is InChI=1S/C61H38N6O/c1-5-19-39(20-6-1)43-27-17-28-44(37-43)58-65-57(42-25-11-4-12-26-42)66-60(67-58)46-29-18-32-51-54(46)47-38-45(59-63-55(40-21-7-2-8-22-40)62-56(64-59)41-23-9-3-10-24-41)35-36-48(47)61(51)49-30-13-15-33-52(49)68-53-34-16-14-31-50(53)61/h1-38H. The number of fused-ring (bicyclic) bond motifs is 9. The van der Waals surface area contributed by atoms with Gasteiger partial charge in [0.25, 0.3) is 0 Å². The van der Waals surface area contributed by atoms with Gasteiger partial charge in [-0.1, -0.05) is 206 Å². The van der Waals surface area contributed by atoms with E-state index in [2.05, 4.69) is 121 Å². The van der Waals surface area contributed by atoms with E-state index in [4.69, 9.17) is 34.6 Å². The van der Waals surface area contributed by atoms with Crippen LogP contribution in [0.3, 0.4) is 0 Å². The highest BCUT2D eigenvalue weighted by molar-refractivity contribution is 5.97. The average Bonchev–Trinajstić information content (AvgIpc) is 3.71. The van der Waals surface area contributed by atoms with Crippen molar-refractivity contribution in [2.45, 2.75) is 5.41 Å². The highest BCUT2D eigenvalue weighted by atomic mass is 16.5. The zero-order valence-electron chi connectivity index (χ0n) is 36.5. The summed E-state index contributed by atoms with van der Waals surface area (Å²) in [7, 11) is 0. The van der Waals surface area contributed by atoms with Crippen molar-refractivity contribution in [3.05, 3.63) is 253 Å². The van der Waals surface area contributed by atoms with E-state index in [1.54, 1.807) is 0 Å². The number of para-hydroxylation sites is 2. The smallest absolute Gasteiger partial charge is 0.164 e. The summed E-state index contributed by atoms with van der Waals surface area (Å²) in [5.41, 5.74) is 13.2. The maximum Gasteiger partial charge on any atom is 0.164 e. The number of ether oxygens (including phenoxy) is 1. The first-order valence-corrected chi connectivity index (χ1v) is 22.7. The second kappa shape index (κ2) is 16.0. The lowest BCUT2D eigenvalue weighted by molar-refractivity contribution is 0.436. The Morgan fingerprint density at radius 3 is 1.19 bits per heavy atom. The van der Waals surface area contributed by atoms with E-state index in [-0.39, 0.29) is 0 Å². The van der Waals surface area contributed by atoms with Crippen LogP contribution in [0.5, 0.6) is 11.5 Å². The predicted octanol–water partition coefficient (Wildman–Crippen LogP) is 14.2. The van der Waals surface area contributed by atoms with Crippen LogP contribution in [-0.4, -0.2) is 29.9 Å². The lowest BCUT2D eigenvalue weighted by Gasteiger charge is -2.39. The third-order valence-electron chi connectivity index (χ3n) is 13.1. The van der Waals surface area contributed by atoms with Gasteiger partial charge in [0.05, 0.1) is 5.41 Å². The van der Waals surface area contributed by atoms with Crippen molar-refractivity contribution >= 4 is 0 Å². The Balaban J connectivity index is 1.09. The summed E-state index contributed by atoms with van der Waals surface area (Å²) in [5, 5.41) is 0. The van der Waals surface area contributed by atoms with E-state index < -0.39 is 5.41 Å². The molecule has 0 N–H and O–H groups in total. The Bertz CT molecular complexity index is 3610. The molecule has 11 aromatic rings. The third kappa shape index (κ3) is 6.43. The molecule has 7 nitrogen and oxygen atoms in total. The molecule has 1 aliphatic carbocycles. The molecule has 0 saturated heterocycles. The zero-order valence-corrected chi connectivity index (χ0v) is 36.5. The molecule has 2 aromatic heterocycles. The second-order valence-electron chi connectivity index (χ2n) is 17.0. The van der Waals surface area contributed by atoms with Gasteiger partial charge in [0.1, 0.15) is 11.5 Å². The largest absolute Gasteiger partial charge is 0.457 e. The molecule has 318 valence electrons. The van der Waals surface area contributed by atoms with Crippen molar-refractivity contribution in [3.63, 3.8) is 0 Å². The van der Waals surface area contributed by atoms with E-state index in [1.165, 1.54) is 0 Å². The summed E-state index contributed by atoms with van der Waals surface area (Å²) in [4.78, 5) is 31.3. The van der Waals surface area contributed by atoms with E-state index in [0.717, 1.165) is 89.4 Å². The van der Waals surface area contributed by atoms with Crippen LogP contribution in [0.25, 0.3) is 90.6 Å². The van der Waals surface area contributed by atoms with Crippen molar-refractivity contribution in [3.8, 4) is 102 Å². The molecule has 0 amide bonds. The molecule has 0 unspecified atom stereocenters. The van der Waals surface area contributed by atoms with Gasteiger partial charge in [-0.05, 0) is 57.6 Å². The Morgan fingerprint density at radius 2 is 0.647 bits per heavy atom. The molecular formula is C61H38N6O. The Hall–Kier alpha value is -9.20. The third-order valence-corrected chi connectivity index (χ3v) is 13.1. The van der Waals surface area contributed by atoms with Gasteiger partial charge in [-0.2, -0.15) is 0 Å². The SMILES string of the molecule is c1ccc(-c2cccc(-c3nc(-c4ccccc4)nc(-c4cccc5c4-c4cc(-c6nc(-c7ccccc7)nc(-c7ccccc7)n6)ccc4C54c5ccccc5Oc5ccccc54)n3)c2)cc1. The number of benzene rings is 9. The molecule has 1 spiro atoms. The fourth-order valence-electron chi connectivity index (χ4n) is 10.0. The first-order chi connectivity index (χ1) is 33.7. The zero-order chi connectivity index (χ0) is 45.0. The molecule has 7 heteroatoms. The van der Waals surface area contributed by atoms with Crippen molar-refractivity contribution in [2.24, 2.45) is 0 Å². The van der Waals surface area contributed by atoms with Gasteiger partial charge in [-0.15, -0.1) is 0 Å². The van der Waals surface area contributed by atoms with Crippen LogP contribution >= 0.6 is 0 Å². The summed E-state index contributed by atoms with van der Waals surface area (Å²) >= 11 is 0. The highest BCUT2D eigenvalue weighted by Crippen LogP contribution is 2.63. The molecule has 3 heterocycles. The van der Waals surface area contributed by atoms with Gasteiger partial charge >= 0.3 is 0 Å². The van der Waals surface area contributed by atoms with E-state index in [0.29, 0.717) is 34.9 Å². The molecule has 0 fully saturated rings. The van der Waals surface area contributed by atoms with E-state index in [9.17, 15) is 0 Å². The molecular weight excluding hydrogens is 833 g/mol. The molecule has 0 radical (unpaired) electrons. The lowest BCUT2D eigenvalue weighted by Crippen LogP contribution is -2.32. The number of nitrogens with zero attached hydrogens (tertiary/aromatic N) is 6. The summed E-state index contributed by atoms with van der Waals surface area (Å²) < 4.78 is 6.72. The fourth-order valence-corrected chi connectivity index (χ4v) is 10.0. The lowest BCUT2D eigenvalue weighted by atomic mass is 9.66. The first kappa shape index (κ1) is 39.2. The normalized spacial score (nSPS) is 12.6. The second-order valence-corrected chi connectivity index (χ2v) is 17.0. The number of hydrogen-bond donors (Lipinski definition) is 0. The van der Waals surface area contributed by atoms with Crippen LogP contribution in [-0.2, 0) is 5.41 Å². The van der Waals surface area contributed by atoms with Gasteiger partial charge in [-0.25, -0.2) is 29.9 Å². The monoisotopic (exact) mass is 870 g/mol. The predicted molar refractivity (Wildman–Crippen MR) is 269 cm³/mol. The van der Waals surface area contributed by atoms with Gasteiger partial charge in [-0.3, -0.25) is 0 Å². The van der Waals surface area contributed by atoms with E-state index >= 15 is 0 Å². The molecule has 13 rings (SSSR count). The summed E-state index contributed by atoms with van der Waals surface area (Å²) in [6, 6.07) is 79.1. The van der Waals surface area contributed by atoms with Gasteiger partial charge in [0.15, 0.2) is 34.9 Å². The van der Waals surface area contributed by atoms with Gasteiger partial charge < -0.3 is 4.74 Å². The van der Waals surface area contributed by atoms with Gasteiger partial charge in [0.2, 0.25) is 0 Å². The van der Waals surface area contributed by atoms with E-state index in [1.807, 2.05) is 109 Å². The van der Waals surface area contributed by atoms with Crippen molar-refractivity contribution < 1.29 is 4.74 Å². The molecule has 1 aliphatic heterocycles. The summed E-state index contributed by atoms with van der Waals surface area (Å²) in [6.07, 6.45) is 0. The van der Waals surface area contributed by atoms with Crippen molar-refractivity contribution in [1.82, 2.24) is 29.9 Å². The van der Waals surface area contributed by atoms with Crippen LogP contribution in [0, 0.1) is 0 Å². The van der Waals surface area contributed by atoms with Crippen LogP contribution in [0.1, 0.15) is 22.3 Å². The van der Waals surface area contributed by atoms with Crippen LogP contribution in [0.2, 0.25) is 0 Å². The van der Waals surface area contributed by atoms with Crippen LogP contribution < -0.4 is 4.74 Å². The molecule has 0 atom stereocenters. The molecule has 68 heavy (non-hydrogen) atoms. The van der Waals surface area contributed by atoms with Crippen molar-refractivity contribution in [2.75, 3.05) is 0 Å². The molecule has 2 aliphatic rings. The number of aromatic nitrogens is 6. The fraction of sp³-hybridized carbons (Fsp3) is 0.0164. The quantitative estimate of drug-likeness (QED) is 0.158. The van der Waals surface area contributed by atoms with Gasteiger partial charge in [0, 0.05) is 44.5 Å². The number of hydrogen-bond acceptors (Lipinski definition) is 7. The topological polar surface area (TPSA) is 86.6 Å². The maximum absolute atomic E-state index is 6.72. The molecule has 0 saturated carbocycles. The average molecular weight is 871 g/mol. The first-order valence-electron chi connectivity index (χ1n) is 22.7. The van der Waals surface area contributed by atoms with Crippen LogP contribution in [0.4, 0.5) is 0 Å². The minimum atomic E-state index is -0.754. The number of rotatable bonds is 7. The Labute approximate surface area is 393 Å². The Morgan fingerprint density at radius 1 is 0.250 bits per heavy atom. The Kier molecular flexibility index (Phi) is 9.25. The molecule has 0 bridgehead atoms. The highest BCUT2D eigenvalue weighted by Gasteiger charge is 2.52. The minimum Gasteiger partial charge on any atom is -0.457 e. The van der Waals surface area contributed by atoms with Crippen molar-refractivity contribution in [1.29, 1.82) is 0 Å². The minimum absolute atomic E-state index is 0.565.